The molecule has 2 N–H and O–H groups in total. The van der Waals surface area contributed by atoms with Gasteiger partial charge in [0.05, 0.1) is 12.0 Å². The molecule has 1 heterocycles. The third kappa shape index (κ3) is 4.51. The van der Waals surface area contributed by atoms with Gasteiger partial charge in [0.25, 0.3) is 11.8 Å². The zero-order valence-corrected chi connectivity index (χ0v) is 15.2. The first-order chi connectivity index (χ1) is 13.0. The van der Waals surface area contributed by atoms with Crippen LogP contribution >= 0.6 is 0 Å². The van der Waals surface area contributed by atoms with Crippen LogP contribution < -0.4 is 0 Å². The molecule has 2 amide bonds. The Morgan fingerprint density at radius 3 is 2.22 bits per heavy atom. The van der Waals surface area contributed by atoms with Crippen molar-refractivity contribution >= 4 is 24.0 Å². The van der Waals surface area contributed by atoms with Gasteiger partial charge in [-0.05, 0) is 36.0 Å². The molecule has 1 saturated heterocycles. The second-order valence-electron chi connectivity index (χ2n) is 6.96. The van der Waals surface area contributed by atoms with Gasteiger partial charge >= 0.3 is 0 Å². The minimum atomic E-state index is -0.932. The van der Waals surface area contributed by atoms with E-state index in [4.69, 9.17) is 0 Å². The fourth-order valence-electron chi connectivity index (χ4n) is 3.53. The molecule has 0 radical (unpaired) electrons. The first-order valence-corrected chi connectivity index (χ1v) is 9.01. The van der Waals surface area contributed by atoms with Crippen LogP contribution in [-0.4, -0.2) is 33.3 Å². The number of benzene rings is 2. The highest BCUT2D eigenvalue weighted by molar-refractivity contribution is 5.98. The minimum Gasteiger partial charge on any atom is -0.393 e. The van der Waals surface area contributed by atoms with Crippen molar-refractivity contribution in [3.63, 3.8) is 0 Å². The molecule has 27 heavy (non-hydrogen) atoms. The van der Waals surface area contributed by atoms with Crippen molar-refractivity contribution in [3.05, 3.63) is 71.3 Å². The molecule has 3 rings (SSSR count). The number of aliphatic hydroxyl groups is 1. The van der Waals surface area contributed by atoms with E-state index in [1.54, 1.807) is 0 Å². The quantitative estimate of drug-likeness (QED) is 0.485. The average Bonchev–Trinajstić information content (AvgIpc) is 2.66. The number of carbonyl (C=O) groups excluding carboxylic acids is 2. The van der Waals surface area contributed by atoms with E-state index in [9.17, 15) is 19.9 Å². The Balaban J connectivity index is 1.70. The van der Waals surface area contributed by atoms with E-state index in [-0.39, 0.29) is 17.4 Å². The van der Waals surface area contributed by atoms with Gasteiger partial charge in [-0.2, -0.15) is 5.06 Å². The molecular formula is C22H23NO4. The largest absolute Gasteiger partial charge is 0.393 e. The van der Waals surface area contributed by atoms with E-state index in [1.807, 2.05) is 66.7 Å². The SMILES string of the molecule is C[C@@H](O)[C@H]1C(=O)N(O)C(=O)CC1Cc1ccc(C=Cc2ccccc2)cc1. The predicted molar refractivity (Wildman–Crippen MR) is 102 cm³/mol. The Kier molecular flexibility index (Phi) is 5.84. The first kappa shape index (κ1) is 19.0. The van der Waals surface area contributed by atoms with Gasteiger partial charge in [0.2, 0.25) is 0 Å². The van der Waals surface area contributed by atoms with Crippen molar-refractivity contribution in [2.45, 2.75) is 25.9 Å². The first-order valence-electron chi connectivity index (χ1n) is 9.01. The average molecular weight is 365 g/mol. The highest BCUT2D eigenvalue weighted by Crippen LogP contribution is 2.30. The number of amides is 2. The fourth-order valence-corrected chi connectivity index (χ4v) is 3.53. The smallest absolute Gasteiger partial charge is 0.259 e. The van der Waals surface area contributed by atoms with Crippen molar-refractivity contribution in [3.8, 4) is 0 Å². The molecule has 1 fully saturated rings. The Morgan fingerprint density at radius 2 is 1.63 bits per heavy atom. The maximum absolute atomic E-state index is 12.1. The number of rotatable bonds is 5. The van der Waals surface area contributed by atoms with E-state index in [0.717, 1.165) is 16.7 Å². The molecule has 0 spiro atoms. The third-order valence-corrected chi connectivity index (χ3v) is 4.94. The lowest BCUT2D eigenvalue weighted by atomic mass is 9.78. The second kappa shape index (κ2) is 8.29. The van der Waals surface area contributed by atoms with E-state index < -0.39 is 23.8 Å². The van der Waals surface area contributed by atoms with Crippen molar-refractivity contribution in [1.29, 1.82) is 0 Å². The molecule has 140 valence electrons. The van der Waals surface area contributed by atoms with Crippen LogP contribution in [-0.2, 0) is 16.0 Å². The van der Waals surface area contributed by atoms with Crippen LogP contribution in [0.15, 0.2) is 54.6 Å². The number of aliphatic hydroxyl groups excluding tert-OH is 1. The van der Waals surface area contributed by atoms with E-state index in [1.165, 1.54) is 6.92 Å². The molecule has 3 atom stereocenters. The van der Waals surface area contributed by atoms with Crippen LogP contribution in [0.5, 0.6) is 0 Å². The normalized spacial score (nSPS) is 21.7. The molecule has 1 aliphatic heterocycles. The summed E-state index contributed by atoms with van der Waals surface area (Å²) in [5.41, 5.74) is 3.15. The zero-order valence-electron chi connectivity index (χ0n) is 15.2. The van der Waals surface area contributed by atoms with Gasteiger partial charge in [-0.15, -0.1) is 0 Å². The number of carbonyl (C=O) groups is 2. The van der Waals surface area contributed by atoms with E-state index in [0.29, 0.717) is 6.42 Å². The Bertz CT molecular complexity index is 827. The predicted octanol–water partition coefficient (Wildman–Crippen LogP) is 3.16. The summed E-state index contributed by atoms with van der Waals surface area (Å²) in [5.74, 6) is -2.47. The molecule has 0 saturated carbocycles. The zero-order chi connectivity index (χ0) is 19.4. The van der Waals surface area contributed by atoms with Crippen LogP contribution in [0.1, 0.15) is 30.0 Å². The van der Waals surface area contributed by atoms with Crippen LogP contribution in [0.25, 0.3) is 12.2 Å². The molecule has 0 aliphatic carbocycles. The van der Waals surface area contributed by atoms with E-state index >= 15 is 0 Å². The third-order valence-electron chi connectivity index (χ3n) is 4.94. The van der Waals surface area contributed by atoms with Gasteiger partial charge in [0.15, 0.2) is 0 Å². The molecule has 0 aromatic heterocycles. The van der Waals surface area contributed by atoms with Crippen molar-refractivity contribution in [2.75, 3.05) is 0 Å². The Labute approximate surface area is 158 Å². The van der Waals surface area contributed by atoms with Crippen molar-refractivity contribution in [1.82, 2.24) is 5.06 Å². The van der Waals surface area contributed by atoms with E-state index in [2.05, 4.69) is 0 Å². The maximum atomic E-state index is 12.1. The number of hydroxylamine groups is 2. The number of hydrogen-bond donors (Lipinski definition) is 2. The van der Waals surface area contributed by atoms with Crippen LogP contribution in [0.2, 0.25) is 0 Å². The standard InChI is InChI=1S/C22H23NO4/c1-15(24)21-19(14-20(25)23(27)22(21)26)13-18-11-9-17(10-12-18)8-7-16-5-3-2-4-6-16/h2-12,15,19,21,24,27H,13-14H2,1H3/t15-,19?,21-/m1/s1. The number of hydrogen-bond acceptors (Lipinski definition) is 4. The van der Waals surface area contributed by atoms with Gasteiger partial charge in [-0.25, -0.2) is 0 Å². The van der Waals surface area contributed by atoms with Gasteiger partial charge in [0, 0.05) is 6.42 Å². The molecule has 2 aromatic carbocycles. The topological polar surface area (TPSA) is 77.8 Å². The highest BCUT2D eigenvalue weighted by atomic mass is 16.5. The maximum Gasteiger partial charge on any atom is 0.259 e. The Morgan fingerprint density at radius 1 is 1.04 bits per heavy atom. The molecule has 1 aliphatic rings. The van der Waals surface area contributed by atoms with Gasteiger partial charge < -0.3 is 5.11 Å². The summed E-state index contributed by atoms with van der Waals surface area (Å²) in [6.45, 7) is 1.51. The molecule has 2 aromatic rings. The summed E-state index contributed by atoms with van der Waals surface area (Å²) >= 11 is 0. The molecular weight excluding hydrogens is 342 g/mol. The van der Waals surface area contributed by atoms with Gasteiger partial charge in [-0.1, -0.05) is 66.7 Å². The summed E-state index contributed by atoms with van der Waals surface area (Å²) in [6.07, 6.45) is 3.65. The number of piperidine rings is 1. The summed E-state index contributed by atoms with van der Waals surface area (Å²) in [6, 6.07) is 17.9. The Hall–Kier alpha value is -2.76. The fraction of sp³-hybridized carbons (Fsp3) is 0.273. The highest BCUT2D eigenvalue weighted by Gasteiger charge is 2.43. The molecule has 0 bridgehead atoms. The summed E-state index contributed by atoms with van der Waals surface area (Å²) in [4.78, 5) is 23.9. The van der Waals surface area contributed by atoms with Crippen LogP contribution in [0.3, 0.4) is 0 Å². The lowest BCUT2D eigenvalue weighted by Gasteiger charge is -2.34. The monoisotopic (exact) mass is 365 g/mol. The molecule has 5 nitrogen and oxygen atoms in total. The van der Waals surface area contributed by atoms with Crippen LogP contribution in [0, 0.1) is 11.8 Å². The lowest BCUT2D eigenvalue weighted by Crippen LogP contribution is -2.51. The lowest BCUT2D eigenvalue weighted by molar-refractivity contribution is -0.193. The number of nitrogens with zero attached hydrogens (tertiary/aromatic N) is 1. The molecule has 5 heteroatoms. The molecule has 1 unspecified atom stereocenters. The number of imide groups is 1. The van der Waals surface area contributed by atoms with Crippen molar-refractivity contribution in [2.24, 2.45) is 11.8 Å². The minimum absolute atomic E-state index is 0.0352. The summed E-state index contributed by atoms with van der Waals surface area (Å²) in [7, 11) is 0. The summed E-state index contributed by atoms with van der Waals surface area (Å²) < 4.78 is 0. The summed E-state index contributed by atoms with van der Waals surface area (Å²) in [5, 5.41) is 19.6. The van der Waals surface area contributed by atoms with Crippen LogP contribution in [0.4, 0.5) is 0 Å². The van der Waals surface area contributed by atoms with Crippen molar-refractivity contribution < 1.29 is 19.9 Å². The second-order valence-corrected chi connectivity index (χ2v) is 6.96. The van der Waals surface area contributed by atoms with Gasteiger partial charge in [0.1, 0.15) is 0 Å². The van der Waals surface area contributed by atoms with Gasteiger partial charge in [-0.3, -0.25) is 14.8 Å².